The number of halogens is 1. The molecule has 0 bridgehead atoms. The van der Waals surface area contributed by atoms with Crippen molar-refractivity contribution in [1.82, 2.24) is 19.4 Å². The van der Waals surface area contributed by atoms with Gasteiger partial charge in [0.25, 0.3) is 0 Å². The third kappa shape index (κ3) is 5.38. The second-order valence-corrected chi connectivity index (χ2v) is 11.7. The maximum Gasteiger partial charge on any atom is 0.410 e. The van der Waals surface area contributed by atoms with Gasteiger partial charge in [-0.3, -0.25) is 9.97 Å². The number of sulfone groups is 1. The Labute approximate surface area is 198 Å². The molecule has 0 atom stereocenters. The standard InChI is InChI=1S/C24H29FN4O4S/c1-24(2,3)33-23(30)28-8-5-16(6-9-28)21-14-26-18(13-27-21)15-29-10-7-17-11-19(34(4,31)32)12-20(25)22(17)29/h7,10-14,16H,5-6,8-9,15H2,1-4H3. The summed E-state index contributed by atoms with van der Waals surface area (Å²) in [5.41, 5.74) is 1.35. The molecule has 1 aliphatic heterocycles. The van der Waals surface area contributed by atoms with Crippen molar-refractivity contribution in [2.24, 2.45) is 0 Å². The number of amides is 1. The number of hydrogen-bond acceptors (Lipinski definition) is 6. The first kappa shape index (κ1) is 24.1. The molecule has 0 aliphatic carbocycles. The summed E-state index contributed by atoms with van der Waals surface area (Å²) >= 11 is 0. The Kier molecular flexibility index (Phi) is 6.37. The van der Waals surface area contributed by atoms with Crippen molar-refractivity contribution in [2.45, 2.75) is 56.6 Å². The lowest BCUT2D eigenvalue weighted by atomic mass is 9.94. The fraction of sp³-hybridized carbons (Fsp3) is 0.458. The third-order valence-electron chi connectivity index (χ3n) is 5.84. The van der Waals surface area contributed by atoms with Crippen LogP contribution in [0, 0.1) is 5.82 Å². The first-order valence-electron chi connectivity index (χ1n) is 11.2. The van der Waals surface area contributed by atoms with Gasteiger partial charge in [-0.15, -0.1) is 0 Å². The van der Waals surface area contributed by atoms with Crippen molar-refractivity contribution in [3.05, 3.63) is 54.0 Å². The number of benzene rings is 1. The number of hydrogen-bond donors (Lipinski definition) is 0. The molecule has 0 radical (unpaired) electrons. The van der Waals surface area contributed by atoms with Crippen LogP contribution in [0.3, 0.4) is 0 Å². The molecule has 8 nitrogen and oxygen atoms in total. The van der Waals surface area contributed by atoms with Crippen molar-refractivity contribution in [2.75, 3.05) is 19.3 Å². The number of carbonyl (C=O) groups excluding carboxylic acids is 1. The van der Waals surface area contributed by atoms with Gasteiger partial charge in [-0.05, 0) is 51.8 Å². The number of carbonyl (C=O) groups is 1. The molecule has 1 amide bonds. The first-order valence-corrected chi connectivity index (χ1v) is 13.1. The molecule has 34 heavy (non-hydrogen) atoms. The number of piperidine rings is 1. The van der Waals surface area contributed by atoms with Crippen LogP contribution < -0.4 is 0 Å². The zero-order chi connectivity index (χ0) is 24.7. The lowest BCUT2D eigenvalue weighted by molar-refractivity contribution is 0.0204. The van der Waals surface area contributed by atoms with Gasteiger partial charge in [-0.25, -0.2) is 17.6 Å². The van der Waals surface area contributed by atoms with Gasteiger partial charge in [0.1, 0.15) is 11.4 Å². The minimum atomic E-state index is -3.50. The predicted molar refractivity (Wildman–Crippen MR) is 126 cm³/mol. The van der Waals surface area contributed by atoms with Gasteiger partial charge in [-0.1, -0.05) is 0 Å². The normalized spacial score (nSPS) is 15.6. The summed E-state index contributed by atoms with van der Waals surface area (Å²) < 4.78 is 45.4. The average Bonchev–Trinajstić information content (AvgIpc) is 3.16. The molecular formula is C24H29FN4O4S. The van der Waals surface area contributed by atoms with Crippen LogP contribution in [-0.4, -0.2) is 58.9 Å². The lowest BCUT2D eigenvalue weighted by Gasteiger charge is -2.33. The summed E-state index contributed by atoms with van der Waals surface area (Å²) in [6.07, 6.45) is 7.47. The van der Waals surface area contributed by atoms with E-state index in [1.165, 1.54) is 6.07 Å². The minimum absolute atomic E-state index is 0.0443. The molecule has 2 aromatic heterocycles. The Balaban J connectivity index is 1.42. The second-order valence-electron chi connectivity index (χ2n) is 9.73. The minimum Gasteiger partial charge on any atom is -0.444 e. The second kappa shape index (κ2) is 8.98. The van der Waals surface area contributed by atoms with E-state index in [-0.39, 0.29) is 16.9 Å². The lowest BCUT2D eigenvalue weighted by Crippen LogP contribution is -2.41. The summed E-state index contributed by atoms with van der Waals surface area (Å²) in [4.78, 5) is 23.0. The molecule has 3 aromatic rings. The molecule has 0 unspecified atom stereocenters. The van der Waals surface area contributed by atoms with E-state index in [9.17, 15) is 17.6 Å². The molecule has 10 heteroatoms. The highest BCUT2D eigenvalue weighted by molar-refractivity contribution is 7.90. The molecule has 0 saturated carbocycles. The molecule has 182 valence electrons. The summed E-state index contributed by atoms with van der Waals surface area (Å²) in [6, 6.07) is 4.21. The van der Waals surface area contributed by atoms with Crippen LogP contribution in [0.2, 0.25) is 0 Å². The van der Waals surface area contributed by atoms with Gasteiger partial charge < -0.3 is 14.2 Å². The highest BCUT2D eigenvalue weighted by Gasteiger charge is 2.28. The van der Waals surface area contributed by atoms with Gasteiger partial charge in [0, 0.05) is 43.0 Å². The molecule has 4 rings (SSSR count). The number of fused-ring (bicyclic) bond motifs is 1. The number of rotatable bonds is 4. The highest BCUT2D eigenvalue weighted by Crippen LogP contribution is 2.28. The highest BCUT2D eigenvalue weighted by atomic mass is 32.2. The van der Waals surface area contributed by atoms with Crippen LogP contribution in [0.1, 0.15) is 50.9 Å². The molecular weight excluding hydrogens is 459 g/mol. The summed E-state index contributed by atoms with van der Waals surface area (Å²) in [7, 11) is -3.50. The Morgan fingerprint density at radius 3 is 2.47 bits per heavy atom. The van der Waals surface area contributed by atoms with Crippen LogP contribution >= 0.6 is 0 Å². The molecule has 0 spiro atoms. The van der Waals surface area contributed by atoms with Gasteiger partial charge in [0.2, 0.25) is 0 Å². The number of likely N-dealkylation sites (tertiary alicyclic amines) is 1. The Morgan fingerprint density at radius 2 is 1.88 bits per heavy atom. The number of nitrogens with zero attached hydrogens (tertiary/aromatic N) is 4. The molecule has 1 saturated heterocycles. The summed E-state index contributed by atoms with van der Waals surface area (Å²) in [5.74, 6) is -0.385. The maximum absolute atomic E-state index is 14.7. The summed E-state index contributed by atoms with van der Waals surface area (Å²) in [5, 5.41) is 0.516. The largest absolute Gasteiger partial charge is 0.444 e. The van der Waals surface area contributed by atoms with Crippen molar-refractivity contribution >= 4 is 26.8 Å². The van der Waals surface area contributed by atoms with E-state index >= 15 is 0 Å². The van der Waals surface area contributed by atoms with E-state index in [1.807, 2.05) is 20.8 Å². The zero-order valence-corrected chi connectivity index (χ0v) is 20.6. The predicted octanol–water partition coefficient (Wildman–Crippen LogP) is 4.14. The molecule has 1 aliphatic rings. The Bertz CT molecular complexity index is 1310. The van der Waals surface area contributed by atoms with Crippen molar-refractivity contribution < 1.29 is 22.3 Å². The monoisotopic (exact) mass is 488 g/mol. The van der Waals surface area contributed by atoms with Crippen LogP contribution in [0.5, 0.6) is 0 Å². The molecule has 1 fully saturated rings. The smallest absolute Gasteiger partial charge is 0.410 e. The maximum atomic E-state index is 14.7. The van der Waals surface area contributed by atoms with Gasteiger partial charge in [-0.2, -0.15) is 0 Å². The van der Waals surface area contributed by atoms with Gasteiger partial charge in [0.15, 0.2) is 9.84 Å². The van der Waals surface area contributed by atoms with E-state index in [0.717, 1.165) is 30.9 Å². The number of aromatic nitrogens is 3. The van der Waals surface area contributed by atoms with E-state index in [0.29, 0.717) is 36.2 Å². The van der Waals surface area contributed by atoms with E-state index < -0.39 is 21.3 Å². The Morgan fingerprint density at radius 1 is 1.18 bits per heavy atom. The molecule has 3 heterocycles. The quantitative estimate of drug-likeness (QED) is 0.548. The van der Waals surface area contributed by atoms with Crippen LogP contribution in [0.4, 0.5) is 9.18 Å². The SMILES string of the molecule is CC(C)(C)OC(=O)N1CCC(c2cnc(Cn3ccc4cc(S(C)(=O)=O)cc(F)c43)cn2)CC1. The molecule has 0 N–H and O–H groups in total. The van der Waals surface area contributed by atoms with Crippen molar-refractivity contribution in [1.29, 1.82) is 0 Å². The molecule has 1 aromatic carbocycles. The fourth-order valence-corrected chi connectivity index (χ4v) is 4.79. The van der Waals surface area contributed by atoms with Crippen LogP contribution in [0.25, 0.3) is 10.9 Å². The van der Waals surface area contributed by atoms with Gasteiger partial charge in [0.05, 0.1) is 34.5 Å². The topological polar surface area (TPSA) is 94.4 Å². The summed E-state index contributed by atoms with van der Waals surface area (Å²) in [6.45, 7) is 7.08. The van der Waals surface area contributed by atoms with Crippen LogP contribution in [0.15, 0.2) is 41.7 Å². The Hall–Kier alpha value is -3.01. The zero-order valence-electron chi connectivity index (χ0n) is 19.8. The van der Waals surface area contributed by atoms with Crippen molar-refractivity contribution in [3.63, 3.8) is 0 Å². The third-order valence-corrected chi connectivity index (χ3v) is 6.93. The first-order chi connectivity index (χ1) is 15.9. The van der Waals surface area contributed by atoms with E-state index in [2.05, 4.69) is 9.97 Å². The number of ether oxygens (including phenoxy) is 1. The average molecular weight is 489 g/mol. The fourth-order valence-electron chi connectivity index (χ4n) is 4.13. The van der Waals surface area contributed by atoms with E-state index in [4.69, 9.17) is 4.74 Å². The van der Waals surface area contributed by atoms with Crippen LogP contribution in [-0.2, 0) is 21.1 Å². The van der Waals surface area contributed by atoms with E-state index in [1.54, 1.807) is 34.1 Å². The van der Waals surface area contributed by atoms with Crippen molar-refractivity contribution in [3.8, 4) is 0 Å². The van der Waals surface area contributed by atoms with Gasteiger partial charge >= 0.3 is 6.09 Å².